The predicted molar refractivity (Wildman–Crippen MR) is 41.3 cm³/mol. The van der Waals surface area contributed by atoms with Gasteiger partial charge in [0.2, 0.25) is 5.95 Å². The lowest BCUT2D eigenvalue weighted by molar-refractivity contribution is 0.151. The zero-order chi connectivity index (χ0) is 9.30. The second kappa shape index (κ2) is 3.30. The van der Waals surface area contributed by atoms with Crippen molar-refractivity contribution >= 4 is 21.6 Å². The van der Waals surface area contributed by atoms with Crippen molar-refractivity contribution in [3.05, 3.63) is 22.2 Å². The van der Waals surface area contributed by atoms with Gasteiger partial charge in [-0.3, -0.25) is 0 Å². The highest BCUT2D eigenvalue weighted by molar-refractivity contribution is 9.10. The molecule has 0 spiro atoms. The van der Waals surface area contributed by atoms with Crippen LogP contribution >= 0.6 is 15.9 Å². The van der Waals surface area contributed by atoms with E-state index in [-0.39, 0.29) is 10.2 Å². The molecule has 0 atom stereocenters. The Morgan fingerprint density at radius 1 is 1.50 bits per heavy atom. The van der Waals surface area contributed by atoms with Crippen molar-refractivity contribution in [2.24, 2.45) is 0 Å². The summed E-state index contributed by atoms with van der Waals surface area (Å²) in [4.78, 5) is 3.09. The van der Waals surface area contributed by atoms with Gasteiger partial charge in [-0.15, -0.1) is 0 Å². The molecule has 0 unspecified atom stereocenters. The topological polar surface area (TPSA) is 38.9 Å². The highest BCUT2D eigenvalue weighted by Crippen LogP contribution is 2.30. The molecule has 0 aliphatic rings. The first kappa shape index (κ1) is 9.31. The first-order valence-corrected chi connectivity index (χ1v) is 3.71. The molecule has 1 rings (SSSR count). The minimum absolute atomic E-state index is 0.222. The van der Waals surface area contributed by atoms with Gasteiger partial charge in [-0.05, 0) is 15.9 Å². The maximum absolute atomic E-state index is 12.5. The summed E-state index contributed by atoms with van der Waals surface area (Å²) in [7, 11) is 0. The van der Waals surface area contributed by atoms with Crippen LogP contribution in [0, 0.1) is 5.95 Å². The van der Waals surface area contributed by atoms with E-state index in [2.05, 4.69) is 20.9 Å². The third kappa shape index (κ3) is 1.52. The molecular weight excluding hydrogens is 237 g/mol. The number of pyridine rings is 1. The number of nitrogens with zero attached hydrogens (tertiary/aromatic N) is 1. The van der Waals surface area contributed by atoms with Gasteiger partial charge in [-0.2, -0.15) is 4.39 Å². The van der Waals surface area contributed by atoms with Gasteiger partial charge in [0.15, 0.2) is 0 Å². The molecule has 0 radical (unpaired) electrons. The molecule has 2 N–H and O–H groups in total. The Kier molecular flexibility index (Phi) is 2.56. The molecule has 2 nitrogen and oxygen atoms in total. The average Bonchev–Trinajstić information content (AvgIpc) is 2.00. The molecular formula is C6H4BrF3N2. The summed E-state index contributed by atoms with van der Waals surface area (Å²) >= 11 is 2.70. The summed E-state index contributed by atoms with van der Waals surface area (Å²) in [5, 5.41) is 0. The van der Waals surface area contributed by atoms with E-state index in [0.717, 1.165) is 6.20 Å². The number of hydrogen-bond acceptors (Lipinski definition) is 2. The number of anilines is 1. The summed E-state index contributed by atoms with van der Waals surface area (Å²) in [5.74, 6) is -0.892. The van der Waals surface area contributed by atoms with Gasteiger partial charge in [0.1, 0.15) is 0 Å². The zero-order valence-corrected chi connectivity index (χ0v) is 7.28. The lowest BCUT2D eigenvalue weighted by atomic mass is 10.2. The van der Waals surface area contributed by atoms with Crippen molar-refractivity contribution in [1.29, 1.82) is 0 Å². The number of nitrogen functional groups attached to an aromatic ring is 1. The van der Waals surface area contributed by atoms with Gasteiger partial charge in [-0.1, -0.05) is 0 Å². The number of aromatic nitrogens is 1. The van der Waals surface area contributed by atoms with E-state index in [4.69, 9.17) is 5.73 Å². The standard InChI is InChI=1S/C6H4BrF3N2/c7-3-4(11)2(5(8)9)1-12-6(3)10/h1,5H,(H2,11,12). The van der Waals surface area contributed by atoms with E-state index in [1.807, 2.05) is 0 Å². The fourth-order valence-electron chi connectivity index (χ4n) is 0.664. The number of hydrogen-bond donors (Lipinski definition) is 1. The summed E-state index contributed by atoms with van der Waals surface area (Å²) in [5.41, 5.74) is 4.40. The van der Waals surface area contributed by atoms with Gasteiger partial charge >= 0.3 is 0 Å². The van der Waals surface area contributed by atoms with Crippen molar-refractivity contribution in [3.8, 4) is 0 Å². The summed E-state index contributed by atoms with van der Waals surface area (Å²) < 4.78 is 36.5. The van der Waals surface area contributed by atoms with E-state index in [1.165, 1.54) is 0 Å². The molecule has 0 aliphatic carbocycles. The molecule has 1 aromatic heterocycles. The number of nitrogens with two attached hydrogens (primary N) is 1. The third-order valence-corrected chi connectivity index (χ3v) is 2.04. The minimum atomic E-state index is -2.74. The maximum atomic E-state index is 12.5. The van der Waals surface area contributed by atoms with Gasteiger partial charge < -0.3 is 5.73 Å². The fraction of sp³-hybridized carbons (Fsp3) is 0.167. The molecule has 0 saturated carbocycles. The van der Waals surface area contributed by atoms with Crippen LogP contribution in [-0.4, -0.2) is 4.98 Å². The number of alkyl halides is 2. The second-order valence-corrected chi connectivity index (χ2v) is 2.83. The molecule has 66 valence electrons. The van der Waals surface area contributed by atoms with Crippen LogP contribution in [0.5, 0.6) is 0 Å². The lowest BCUT2D eigenvalue weighted by Crippen LogP contribution is -2.00. The van der Waals surface area contributed by atoms with E-state index in [1.54, 1.807) is 0 Å². The van der Waals surface area contributed by atoms with Crippen LogP contribution in [0.1, 0.15) is 12.0 Å². The van der Waals surface area contributed by atoms with Crippen LogP contribution in [0.15, 0.2) is 10.7 Å². The molecule has 12 heavy (non-hydrogen) atoms. The van der Waals surface area contributed by atoms with Crippen molar-refractivity contribution in [2.45, 2.75) is 6.43 Å². The van der Waals surface area contributed by atoms with E-state index in [9.17, 15) is 13.2 Å². The van der Waals surface area contributed by atoms with Crippen molar-refractivity contribution < 1.29 is 13.2 Å². The summed E-state index contributed by atoms with van der Waals surface area (Å²) in [6.07, 6.45) is -2.02. The Balaban J connectivity index is 3.27. The van der Waals surface area contributed by atoms with Crippen molar-refractivity contribution in [1.82, 2.24) is 4.98 Å². The number of rotatable bonds is 1. The maximum Gasteiger partial charge on any atom is 0.267 e. The molecule has 0 amide bonds. The largest absolute Gasteiger partial charge is 0.397 e. The first-order chi connectivity index (χ1) is 5.54. The molecule has 0 aliphatic heterocycles. The Morgan fingerprint density at radius 3 is 2.58 bits per heavy atom. The smallest absolute Gasteiger partial charge is 0.267 e. The van der Waals surface area contributed by atoms with Gasteiger partial charge in [-0.25, -0.2) is 13.8 Å². The molecule has 6 heteroatoms. The average molecular weight is 241 g/mol. The van der Waals surface area contributed by atoms with E-state index >= 15 is 0 Å². The van der Waals surface area contributed by atoms with Crippen LogP contribution in [0.3, 0.4) is 0 Å². The highest BCUT2D eigenvalue weighted by Gasteiger charge is 2.16. The summed E-state index contributed by atoms with van der Waals surface area (Å²) in [6, 6.07) is 0. The Labute approximate surface area is 74.7 Å². The molecule has 0 bridgehead atoms. The predicted octanol–water partition coefficient (Wildman–Crippen LogP) is 2.50. The second-order valence-electron chi connectivity index (χ2n) is 2.03. The highest BCUT2D eigenvalue weighted by atomic mass is 79.9. The Bertz CT molecular complexity index is 303. The molecule has 1 aromatic rings. The summed E-state index contributed by atoms with van der Waals surface area (Å²) in [6.45, 7) is 0. The van der Waals surface area contributed by atoms with Gasteiger partial charge in [0.05, 0.1) is 15.7 Å². The monoisotopic (exact) mass is 240 g/mol. The molecule has 0 fully saturated rings. The lowest BCUT2D eigenvalue weighted by Gasteiger charge is -2.05. The molecule has 0 saturated heterocycles. The van der Waals surface area contributed by atoms with Crippen molar-refractivity contribution in [3.63, 3.8) is 0 Å². The fourth-order valence-corrected chi connectivity index (χ4v) is 0.995. The SMILES string of the molecule is Nc1c(C(F)F)cnc(F)c1Br. The van der Waals surface area contributed by atoms with Gasteiger partial charge in [0, 0.05) is 6.20 Å². The number of halogens is 4. The van der Waals surface area contributed by atoms with E-state index in [0.29, 0.717) is 0 Å². The minimum Gasteiger partial charge on any atom is -0.397 e. The molecule has 1 heterocycles. The Morgan fingerprint density at radius 2 is 2.08 bits per heavy atom. The van der Waals surface area contributed by atoms with Crippen LogP contribution in [0.2, 0.25) is 0 Å². The van der Waals surface area contributed by atoms with Gasteiger partial charge in [0.25, 0.3) is 6.43 Å². The van der Waals surface area contributed by atoms with Crippen LogP contribution in [0.4, 0.5) is 18.9 Å². The normalized spacial score (nSPS) is 10.8. The van der Waals surface area contributed by atoms with Crippen LogP contribution < -0.4 is 5.73 Å². The quantitative estimate of drug-likeness (QED) is 0.767. The third-order valence-electron chi connectivity index (χ3n) is 1.28. The van der Waals surface area contributed by atoms with Crippen LogP contribution in [0.25, 0.3) is 0 Å². The van der Waals surface area contributed by atoms with E-state index < -0.39 is 17.9 Å². The van der Waals surface area contributed by atoms with Crippen LogP contribution in [-0.2, 0) is 0 Å². The Hall–Kier alpha value is -0.780. The zero-order valence-electron chi connectivity index (χ0n) is 5.69. The van der Waals surface area contributed by atoms with Crippen molar-refractivity contribution in [2.75, 3.05) is 5.73 Å². The molecule has 0 aromatic carbocycles. The first-order valence-electron chi connectivity index (χ1n) is 2.91.